The van der Waals surface area contributed by atoms with Crippen molar-refractivity contribution in [1.82, 2.24) is 10.6 Å². The van der Waals surface area contributed by atoms with Gasteiger partial charge in [-0.15, -0.1) is 0 Å². The summed E-state index contributed by atoms with van der Waals surface area (Å²) in [5, 5.41) is 14.6. The Hall–Kier alpha value is -3.02. The first-order valence-corrected chi connectivity index (χ1v) is 8.51. The van der Waals surface area contributed by atoms with Gasteiger partial charge in [0, 0.05) is 24.1 Å². The summed E-state index contributed by atoms with van der Waals surface area (Å²) >= 11 is 0. The van der Waals surface area contributed by atoms with E-state index in [-0.39, 0.29) is 17.0 Å². The number of carbonyl (C=O) groups is 2. The second-order valence-electron chi connectivity index (χ2n) is 6.52. The molecule has 0 atom stereocenters. The van der Waals surface area contributed by atoms with Gasteiger partial charge in [-0.2, -0.15) is 0 Å². The number of para-hydroxylation sites is 1. The summed E-state index contributed by atoms with van der Waals surface area (Å²) in [4.78, 5) is 22.9. The summed E-state index contributed by atoms with van der Waals surface area (Å²) in [5.74, 6) is -0.112. The lowest BCUT2D eigenvalue weighted by molar-refractivity contribution is 0.0697. The van der Waals surface area contributed by atoms with Gasteiger partial charge in [-0.3, -0.25) is 0 Å². The minimum absolute atomic E-state index is 0.0485. The second-order valence-corrected chi connectivity index (χ2v) is 6.52. The molecule has 6 nitrogen and oxygen atoms in total. The fraction of sp³-hybridized carbons (Fsp3) is 0.300. The first kappa shape index (κ1) is 17.8. The molecular formula is C20H22N2O4. The van der Waals surface area contributed by atoms with E-state index in [4.69, 9.17) is 9.84 Å². The summed E-state index contributed by atoms with van der Waals surface area (Å²) in [6.07, 6.45) is 2.04. The number of carbonyl (C=O) groups excluding carboxylic acids is 1. The van der Waals surface area contributed by atoms with E-state index in [1.165, 1.54) is 12.1 Å². The SMILES string of the molecule is COc1ccccc1C1(CNC(=O)NCc2ccc(C(=O)O)cc2)CC1. The van der Waals surface area contributed by atoms with Gasteiger partial charge in [0.25, 0.3) is 0 Å². The van der Waals surface area contributed by atoms with Crippen LogP contribution >= 0.6 is 0 Å². The molecule has 1 aliphatic carbocycles. The highest BCUT2D eigenvalue weighted by atomic mass is 16.5. The fourth-order valence-electron chi connectivity index (χ4n) is 3.03. The van der Waals surface area contributed by atoms with Gasteiger partial charge in [0.15, 0.2) is 0 Å². The molecule has 2 aromatic rings. The molecule has 3 rings (SSSR count). The first-order chi connectivity index (χ1) is 12.5. The average molecular weight is 354 g/mol. The molecule has 2 amide bonds. The topological polar surface area (TPSA) is 87.7 Å². The van der Waals surface area contributed by atoms with Crippen LogP contribution < -0.4 is 15.4 Å². The minimum atomic E-state index is -0.965. The molecule has 6 heteroatoms. The predicted molar refractivity (Wildman–Crippen MR) is 97.5 cm³/mol. The molecule has 1 fully saturated rings. The van der Waals surface area contributed by atoms with Crippen molar-refractivity contribution in [2.75, 3.05) is 13.7 Å². The highest BCUT2D eigenvalue weighted by Gasteiger charge is 2.46. The Balaban J connectivity index is 1.52. The normalized spacial score (nSPS) is 14.3. The summed E-state index contributed by atoms with van der Waals surface area (Å²) in [7, 11) is 1.66. The van der Waals surface area contributed by atoms with Gasteiger partial charge in [-0.25, -0.2) is 9.59 Å². The van der Waals surface area contributed by atoms with Gasteiger partial charge < -0.3 is 20.5 Å². The van der Waals surface area contributed by atoms with Gasteiger partial charge in [0.2, 0.25) is 0 Å². The summed E-state index contributed by atoms with van der Waals surface area (Å²) in [5.41, 5.74) is 2.15. The van der Waals surface area contributed by atoms with E-state index in [0.29, 0.717) is 13.1 Å². The van der Waals surface area contributed by atoms with Crippen molar-refractivity contribution in [3.63, 3.8) is 0 Å². The Morgan fingerprint density at radius 3 is 2.38 bits per heavy atom. The number of ether oxygens (including phenoxy) is 1. The first-order valence-electron chi connectivity index (χ1n) is 8.51. The van der Waals surface area contributed by atoms with Crippen LogP contribution in [0.4, 0.5) is 4.79 Å². The second kappa shape index (κ2) is 7.47. The van der Waals surface area contributed by atoms with Crippen LogP contribution in [0.15, 0.2) is 48.5 Å². The summed E-state index contributed by atoms with van der Waals surface area (Å²) in [6.45, 7) is 0.893. The molecule has 0 unspecified atom stereocenters. The molecule has 2 aromatic carbocycles. The van der Waals surface area contributed by atoms with E-state index in [9.17, 15) is 9.59 Å². The molecule has 0 aromatic heterocycles. The van der Waals surface area contributed by atoms with Crippen LogP contribution in [0.5, 0.6) is 5.75 Å². The van der Waals surface area contributed by atoms with E-state index in [0.717, 1.165) is 29.7 Å². The number of urea groups is 1. The van der Waals surface area contributed by atoms with Crippen molar-refractivity contribution in [2.45, 2.75) is 24.8 Å². The van der Waals surface area contributed by atoms with Crippen LogP contribution in [-0.2, 0) is 12.0 Å². The van der Waals surface area contributed by atoms with Crippen LogP contribution in [0.1, 0.15) is 34.3 Å². The van der Waals surface area contributed by atoms with Crippen molar-refractivity contribution in [3.05, 3.63) is 65.2 Å². The molecule has 0 saturated heterocycles. The molecule has 0 aliphatic heterocycles. The Kier molecular flexibility index (Phi) is 5.11. The Labute approximate surface area is 152 Å². The lowest BCUT2D eigenvalue weighted by atomic mass is 9.95. The van der Waals surface area contributed by atoms with Crippen molar-refractivity contribution in [1.29, 1.82) is 0 Å². The number of carboxylic acid groups (broad SMARTS) is 1. The summed E-state index contributed by atoms with van der Waals surface area (Å²) < 4.78 is 5.44. The van der Waals surface area contributed by atoms with Crippen LogP contribution in [-0.4, -0.2) is 30.8 Å². The van der Waals surface area contributed by atoms with Crippen LogP contribution in [0.2, 0.25) is 0 Å². The van der Waals surface area contributed by atoms with Crippen molar-refractivity contribution < 1.29 is 19.4 Å². The predicted octanol–water partition coefficient (Wildman–Crippen LogP) is 2.92. The van der Waals surface area contributed by atoms with Crippen LogP contribution in [0.25, 0.3) is 0 Å². The van der Waals surface area contributed by atoms with Gasteiger partial charge in [0.05, 0.1) is 12.7 Å². The van der Waals surface area contributed by atoms with Gasteiger partial charge in [-0.05, 0) is 36.6 Å². The van der Waals surface area contributed by atoms with Crippen molar-refractivity contribution in [3.8, 4) is 5.75 Å². The number of hydrogen-bond donors (Lipinski definition) is 3. The number of hydrogen-bond acceptors (Lipinski definition) is 3. The molecule has 136 valence electrons. The Morgan fingerprint density at radius 1 is 1.08 bits per heavy atom. The summed E-state index contributed by atoms with van der Waals surface area (Å²) in [6, 6.07) is 14.1. The Bertz CT molecular complexity index is 798. The molecule has 26 heavy (non-hydrogen) atoms. The van der Waals surface area contributed by atoms with Gasteiger partial charge >= 0.3 is 12.0 Å². The third kappa shape index (κ3) is 3.96. The molecule has 0 bridgehead atoms. The number of methoxy groups -OCH3 is 1. The van der Waals surface area contributed by atoms with Crippen LogP contribution in [0.3, 0.4) is 0 Å². The lowest BCUT2D eigenvalue weighted by Gasteiger charge is -2.19. The van der Waals surface area contributed by atoms with Crippen LogP contribution in [0, 0.1) is 0 Å². The maximum absolute atomic E-state index is 12.1. The number of amides is 2. The van der Waals surface area contributed by atoms with E-state index >= 15 is 0 Å². The molecule has 0 radical (unpaired) electrons. The largest absolute Gasteiger partial charge is 0.496 e. The third-order valence-corrected chi connectivity index (χ3v) is 4.77. The molecule has 1 saturated carbocycles. The molecular weight excluding hydrogens is 332 g/mol. The minimum Gasteiger partial charge on any atom is -0.496 e. The maximum atomic E-state index is 12.1. The van der Waals surface area contributed by atoms with E-state index in [1.54, 1.807) is 19.2 Å². The van der Waals surface area contributed by atoms with E-state index in [2.05, 4.69) is 16.7 Å². The van der Waals surface area contributed by atoms with Crippen molar-refractivity contribution >= 4 is 12.0 Å². The zero-order valence-electron chi connectivity index (χ0n) is 14.6. The van der Waals surface area contributed by atoms with E-state index in [1.807, 2.05) is 18.2 Å². The maximum Gasteiger partial charge on any atom is 0.335 e. The zero-order chi connectivity index (χ0) is 18.6. The van der Waals surface area contributed by atoms with Crippen molar-refractivity contribution in [2.24, 2.45) is 0 Å². The monoisotopic (exact) mass is 354 g/mol. The van der Waals surface area contributed by atoms with Gasteiger partial charge in [-0.1, -0.05) is 30.3 Å². The van der Waals surface area contributed by atoms with Gasteiger partial charge in [0.1, 0.15) is 5.75 Å². The number of benzene rings is 2. The molecule has 0 spiro atoms. The average Bonchev–Trinajstić information content (AvgIpc) is 3.46. The molecule has 3 N–H and O–H groups in total. The smallest absolute Gasteiger partial charge is 0.335 e. The highest BCUT2D eigenvalue weighted by Crippen LogP contribution is 2.50. The number of carboxylic acids is 1. The standard InChI is InChI=1S/C20H22N2O4/c1-26-17-5-3-2-4-16(17)20(10-11-20)13-22-19(25)21-12-14-6-8-15(9-7-14)18(23)24/h2-9H,10-13H2,1H3,(H,23,24)(H2,21,22,25). The number of rotatable bonds is 7. The third-order valence-electron chi connectivity index (χ3n) is 4.77. The number of aromatic carboxylic acids is 1. The zero-order valence-corrected chi connectivity index (χ0v) is 14.6. The highest BCUT2D eigenvalue weighted by molar-refractivity contribution is 5.87. The molecule has 0 heterocycles. The Morgan fingerprint density at radius 2 is 1.77 bits per heavy atom. The molecule has 1 aliphatic rings. The lowest BCUT2D eigenvalue weighted by Crippen LogP contribution is -2.39. The van der Waals surface area contributed by atoms with E-state index < -0.39 is 5.97 Å². The fourth-order valence-corrected chi connectivity index (χ4v) is 3.03. The quantitative estimate of drug-likeness (QED) is 0.713. The number of nitrogens with one attached hydrogen (secondary N) is 2.